The van der Waals surface area contributed by atoms with Crippen LogP contribution in [0.25, 0.3) is 0 Å². The molecule has 2 rings (SSSR count). The Bertz CT molecular complexity index is 226. The molecule has 0 aromatic rings. The molecule has 0 aromatic carbocycles. The van der Waals surface area contributed by atoms with Crippen LogP contribution in [0.5, 0.6) is 0 Å². The summed E-state index contributed by atoms with van der Waals surface area (Å²) in [6.07, 6.45) is 5.04. The third kappa shape index (κ3) is 4.23. The zero-order chi connectivity index (χ0) is 12.1. The second-order valence-corrected chi connectivity index (χ2v) is 6.20. The molecule has 0 spiro atoms. The Hall–Kier alpha value is -0.120. The van der Waals surface area contributed by atoms with Crippen LogP contribution < -0.4 is 5.32 Å². The summed E-state index contributed by atoms with van der Waals surface area (Å²) in [5.41, 5.74) is 0.494. The van der Waals surface area contributed by atoms with Crippen LogP contribution in [0.3, 0.4) is 0 Å². The van der Waals surface area contributed by atoms with Gasteiger partial charge in [0.15, 0.2) is 0 Å². The molecule has 100 valence electrons. The number of nitrogens with zero attached hydrogens (tertiary/aromatic N) is 1. The predicted octanol–water partition coefficient (Wildman–Crippen LogP) is 1.88. The van der Waals surface area contributed by atoms with Crippen LogP contribution in [-0.2, 0) is 4.74 Å². The van der Waals surface area contributed by atoms with Crippen molar-refractivity contribution in [2.75, 3.05) is 39.4 Å². The number of hydrogen-bond donors (Lipinski definition) is 1. The van der Waals surface area contributed by atoms with E-state index >= 15 is 0 Å². The first kappa shape index (κ1) is 13.3. The largest absolute Gasteiger partial charge is 0.381 e. The average Bonchev–Trinajstić information content (AvgIpc) is 2.29. The highest BCUT2D eigenvalue weighted by Gasteiger charge is 2.29. The van der Waals surface area contributed by atoms with Crippen molar-refractivity contribution in [3.8, 4) is 0 Å². The van der Waals surface area contributed by atoms with Gasteiger partial charge in [-0.2, -0.15) is 0 Å². The van der Waals surface area contributed by atoms with E-state index in [4.69, 9.17) is 4.74 Å². The van der Waals surface area contributed by atoms with E-state index in [0.717, 1.165) is 13.2 Å². The Kier molecular flexibility index (Phi) is 4.83. The van der Waals surface area contributed by atoms with Gasteiger partial charge in [0.05, 0.1) is 0 Å². The van der Waals surface area contributed by atoms with Crippen molar-refractivity contribution < 1.29 is 4.74 Å². The van der Waals surface area contributed by atoms with E-state index in [0.29, 0.717) is 11.5 Å². The molecule has 2 aliphatic heterocycles. The SMILES string of the molecule is CC1CCN(CC2(C)CCOCC2)CCCN1. The molecular weight excluding hydrogens is 212 g/mol. The summed E-state index contributed by atoms with van der Waals surface area (Å²) in [5, 5.41) is 3.57. The maximum absolute atomic E-state index is 5.49. The topological polar surface area (TPSA) is 24.5 Å². The molecule has 0 aromatic heterocycles. The first-order valence-electron chi connectivity index (χ1n) is 7.21. The van der Waals surface area contributed by atoms with Gasteiger partial charge >= 0.3 is 0 Å². The van der Waals surface area contributed by atoms with Crippen molar-refractivity contribution in [1.29, 1.82) is 0 Å². The van der Waals surface area contributed by atoms with Crippen LogP contribution in [0.1, 0.15) is 39.5 Å². The molecule has 0 bridgehead atoms. The standard InChI is InChI=1S/C14H28N2O/c1-13-4-9-16(8-3-7-15-13)12-14(2)5-10-17-11-6-14/h13,15H,3-12H2,1-2H3. The van der Waals surface area contributed by atoms with Crippen molar-refractivity contribution in [1.82, 2.24) is 10.2 Å². The molecule has 17 heavy (non-hydrogen) atoms. The van der Waals surface area contributed by atoms with Crippen molar-refractivity contribution in [3.63, 3.8) is 0 Å². The molecule has 2 fully saturated rings. The van der Waals surface area contributed by atoms with Gasteiger partial charge in [-0.05, 0) is 57.7 Å². The van der Waals surface area contributed by atoms with Crippen LogP contribution in [0, 0.1) is 5.41 Å². The normalized spacial score (nSPS) is 31.8. The van der Waals surface area contributed by atoms with Gasteiger partial charge in [-0.3, -0.25) is 0 Å². The second kappa shape index (κ2) is 6.17. The summed E-state index contributed by atoms with van der Waals surface area (Å²) in [5.74, 6) is 0. The van der Waals surface area contributed by atoms with Gasteiger partial charge in [0, 0.05) is 25.8 Å². The molecule has 1 atom stereocenters. The maximum atomic E-state index is 5.49. The monoisotopic (exact) mass is 240 g/mol. The molecule has 2 heterocycles. The van der Waals surface area contributed by atoms with Crippen molar-refractivity contribution in [3.05, 3.63) is 0 Å². The predicted molar refractivity (Wildman–Crippen MR) is 71.3 cm³/mol. The van der Waals surface area contributed by atoms with Gasteiger partial charge < -0.3 is 15.0 Å². The maximum Gasteiger partial charge on any atom is 0.0471 e. The first-order chi connectivity index (χ1) is 8.18. The molecule has 0 amide bonds. The zero-order valence-corrected chi connectivity index (χ0v) is 11.5. The van der Waals surface area contributed by atoms with E-state index in [1.54, 1.807) is 0 Å². The Morgan fingerprint density at radius 2 is 2.06 bits per heavy atom. The summed E-state index contributed by atoms with van der Waals surface area (Å²) in [6, 6.07) is 0.681. The van der Waals surface area contributed by atoms with Crippen molar-refractivity contribution in [2.45, 2.75) is 45.6 Å². The summed E-state index contributed by atoms with van der Waals surface area (Å²) >= 11 is 0. The van der Waals surface area contributed by atoms with Crippen molar-refractivity contribution >= 4 is 0 Å². The lowest BCUT2D eigenvalue weighted by Gasteiger charge is -2.39. The lowest BCUT2D eigenvalue weighted by Crippen LogP contribution is -2.44. The fourth-order valence-electron chi connectivity index (χ4n) is 2.96. The summed E-state index contributed by atoms with van der Waals surface area (Å²) in [4.78, 5) is 2.68. The van der Waals surface area contributed by atoms with Gasteiger partial charge in [-0.1, -0.05) is 6.92 Å². The van der Waals surface area contributed by atoms with Crippen LogP contribution in [-0.4, -0.2) is 50.3 Å². The van der Waals surface area contributed by atoms with Crippen LogP contribution in [0.15, 0.2) is 0 Å². The number of hydrogen-bond acceptors (Lipinski definition) is 3. The van der Waals surface area contributed by atoms with E-state index < -0.39 is 0 Å². The van der Waals surface area contributed by atoms with Crippen LogP contribution in [0.2, 0.25) is 0 Å². The first-order valence-corrected chi connectivity index (χ1v) is 7.21. The molecule has 2 saturated heterocycles. The summed E-state index contributed by atoms with van der Waals surface area (Å²) in [6.45, 7) is 11.6. The molecular formula is C14H28N2O. The quantitative estimate of drug-likeness (QED) is 0.797. The van der Waals surface area contributed by atoms with Crippen LogP contribution in [0.4, 0.5) is 0 Å². The van der Waals surface area contributed by atoms with E-state index in [1.165, 1.54) is 51.9 Å². The molecule has 0 saturated carbocycles. The number of rotatable bonds is 2. The molecule has 3 nitrogen and oxygen atoms in total. The smallest absolute Gasteiger partial charge is 0.0471 e. The molecule has 0 radical (unpaired) electrons. The minimum atomic E-state index is 0.494. The third-order valence-corrected chi connectivity index (χ3v) is 4.33. The second-order valence-electron chi connectivity index (χ2n) is 6.20. The highest BCUT2D eigenvalue weighted by atomic mass is 16.5. The lowest BCUT2D eigenvalue weighted by atomic mass is 9.82. The summed E-state index contributed by atoms with van der Waals surface area (Å²) in [7, 11) is 0. The fraction of sp³-hybridized carbons (Fsp3) is 1.00. The van der Waals surface area contributed by atoms with Gasteiger partial charge in [0.2, 0.25) is 0 Å². The van der Waals surface area contributed by atoms with Gasteiger partial charge in [-0.15, -0.1) is 0 Å². The van der Waals surface area contributed by atoms with Crippen LogP contribution >= 0.6 is 0 Å². The van der Waals surface area contributed by atoms with Gasteiger partial charge in [0.1, 0.15) is 0 Å². The van der Waals surface area contributed by atoms with E-state index in [-0.39, 0.29) is 0 Å². The van der Waals surface area contributed by atoms with Crippen molar-refractivity contribution in [2.24, 2.45) is 5.41 Å². The summed E-state index contributed by atoms with van der Waals surface area (Å²) < 4.78 is 5.49. The van der Waals surface area contributed by atoms with E-state index in [2.05, 4.69) is 24.1 Å². The van der Waals surface area contributed by atoms with E-state index in [9.17, 15) is 0 Å². The lowest BCUT2D eigenvalue weighted by molar-refractivity contribution is 0.00365. The molecule has 1 unspecified atom stereocenters. The minimum Gasteiger partial charge on any atom is -0.381 e. The highest BCUT2D eigenvalue weighted by molar-refractivity contribution is 4.82. The zero-order valence-electron chi connectivity index (χ0n) is 11.5. The van der Waals surface area contributed by atoms with E-state index in [1.807, 2.05) is 0 Å². The number of ether oxygens (including phenoxy) is 1. The Labute approximate surface area is 106 Å². The number of nitrogens with one attached hydrogen (secondary N) is 1. The third-order valence-electron chi connectivity index (χ3n) is 4.33. The average molecular weight is 240 g/mol. The Balaban J connectivity index is 1.83. The molecule has 3 heteroatoms. The molecule has 2 aliphatic rings. The fourth-order valence-corrected chi connectivity index (χ4v) is 2.96. The Morgan fingerprint density at radius 3 is 2.82 bits per heavy atom. The van der Waals surface area contributed by atoms with Gasteiger partial charge in [0.25, 0.3) is 0 Å². The van der Waals surface area contributed by atoms with Gasteiger partial charge in [-0.25, -0.2) is 0 Å². The molecule has 1 N–H and O–H groups in total. The highest BCUT2D eigenvalue weighted by Crippen LogP contribution is 2.30. The minimum absolute atomic E-state index is 0.494. The molecule has 0 aliphatic carbocycles. The Morgan fingerprint density at radius 1 is 1.29 bits per heavy atom.